The van der Waals surface area contributed by atoms with Crippen LogP contribution in [0.2, 0.25) is 5.02 Å². The number of halogens is 1. The third-order valence-corrected chi connectivity index (χ3v) is 8.50. The molecule has 1 aromatic carbocycles. The summed E-state index contributed by atoms with van der Waals surface area (Å²) >= 11 is 7.17. The Morgan fingerprint density at radius 2 is 1.76 bits per heavy atom. The molecule has 0 saturated carbocycles. The summed E-state index contributed by atoms with van der Waals surface area (Å²) < 4.78 is 25.3. The molecule has 0 radical (unpaired) electrons. The predicted molar refractivity (Wildman–Crippen MR) is 184 cm³/mol. The largest absolute Gasteiger partial charge is 0.494 e. The SMILES string of the molecule is COc1c(Cl)cccc1SNC(=O)C1=C(NCc2ccncc2OC[C@H]2CCCN2C(=O)OC(C)(C)C)CCN(C(=O)OC(C)(C)C)C1=O. The number of benzene rings is 1. The molecule has 266 valence electrons. The molecular weight excluding hydrogens is 674 g/mol. The molecule has 0 bridgehead atoms. The molecule has 2 aliphatic rings. The third-order valence-electron chi connectivity index (χ3n) is 7.37. The van der Waals surface area contributed by atoms with Gasteiger partial charge in [0.05, 0.1) is 29.3 Å². The number of likely N-dealkylation sites (tertiary alicyclic amines) is 1. The van der Waals surface area contributed by atoms with Gasteiger partial charge in [-0.1, -0.05) is 17.7 Å². The number of para-hydroxylation sites is 1. The molecule has 1 saturated heterocycles. The fraction of sp³-hybridized carbons (Fsp3) is 0.500. The lowest BCUT2D eigenvalue weighted by molar-refractivity contribution is -0.130. The molecule has 1 fully saturated rings. The number of rotatable bonds is 10. The topological polar surface area (TPSA) is 149 Å². The summed E-state index contributed by atoms with van der Waals surface area (Å²) in [6.45, 7) is 11.6. The molecule has 2 N–H and O–H groups in total. The van der Waals surface area contributed by atoms with Gasteiger partial charge in [0.15, 0.2) is 5.75 Å². The lowest BCUT2D eigenvalue weighted by Gasteiger charge is -2.31. The lowest BCUT2D eigenvalue weighted by atomic mass is 10.0. The van der Waals surface area contributed by atoms with E-state index < -0.39 is 29.1 Å². The van der Waals surface area contributed by atoms with Gasteiger partial charge in [-0.15, -0.1) is 0 Å². The highest BCUT2D eigenvalue weighted by atomic mass is 35.5. The summed E-state index contributed by atoms with van der Waals surface area (Å²) in [5.74, 6) is -0.667. The van der Waals surface area contributed by atoms with Gasteiger partial charge in [-0.25, -0.2) is 14.5 Å². The van der Waals surface area contributed by atoms with E-state index in [1.807, 2.05) is 20.8 Å². The second-order valence-electron chi connectivity index (χ2n) is 13.5. The van der Waals surface area contributed by atoms with Crippen molar-refractivity contribution in [3.63, 3.8) is 0 Å². The van der Waals surface area contributed by atoms with Gasteiger partial charge in [0.2, 0.25) is 0 Å². The Morgan fingerprint density at radius 3 is 2.45 bits per heavy atom. The number of carbonyl (C=O) groups excluding carboxylic acids is 4. The van der Waals surface area contributed by atoms with Crippen LogP contribution in [-0.4, -0.2) is 82.8 Å². The minimum atomic E-state index is -0.846. The first-order valence-corrected chi connectivity index (χ1v) is 17.1. The van der Waals surface area contributed by atoms with Crippen molar-refractivity contribution in [3.05, 3.63) is 58.5 Å². The van der Waals surface area contributed by atoms with E-state index >= 15 is 0 Å². The van der Waals surface area contributed by atoms with Crippen LogP contribution < -0.4 is 19.5 Å². The van der Waals surface area contributed by atoms with Crippen molar-refractivity contribution in [1.29, 1.82) is 0 Å². The van der Waals surface area contributed by atoms with E-state index in [9.17, 15) is 19.2 Å². The Morgan fingerprint density at radius 1 is 1.04 bits per heavy atom. The van der Waals surface area contributed by atoms with Crippen molar-refractivity contribution in [2.45, 2.75) is 89.5 Å². The van der Waals surface area contributed by atoms with E-state index in [2.05, 4.69) is 15.0 Å². The molecule has 2 aromatic rings. The summed E-state index contributed by atoms with van der Waals surface area (Å²) in [5.41, 5.74) is -0.634. The third kappa shape index (κ3) is 10.2. The van der Waals surface area contributed by atoms with Crippen LogP contribution in [0.1, 0.15) is 66.4 Å². The fourth-order valence-electron chi connectivity index (χ4n) is 5.18. The van der Waals surface area contributed by atoms with Crippen LogP contribution in [0.3, 0.4) is 0 Å². The molecule has 0 spiro atoms. The number of nitrogens with zero attached hydrogens (tertiary/aromatic N) is 3. The number of ether oxygens (including phenoxy) is 4. The molecule has 2 aliphatic heterocycles. The van der Waals surface area contributed by atoms with Gasteiger partial charge < -0.3 is 29.2 Å². The summed E-state index contributed by atoms with van der Waals surface area (Å²) in [6, 6.07) is 6.67. The smallest absolute Gasteiger partial charge is 0.417 e. The number of carbonyl (C=O) groups is 4. The molecule has 49 heavy (non-hydrogen) atoms. The van der Waals surface area contributed by atoms with Crippen LogP contribution >= 0.6 is 23.5 Å². The highest BCUT2D eigenvalue weighted by Crippen LogP contribution is 2.34. The van der Waals surface area contributed by atoms with Crippen LogP contribution in [0.5, 0.6) is 11.5 Å². The Kier molecular flexibility index (Phi) is 12.3. The van der Waals surface area contributed by atoms with Crippen LogP contribution in [0.4, 0.5) is 9.59 Å². The standard InChI is InChI=1S/C34H44ClN5O8S/c1-33(2,3)47-31(43)39-16-9-10-22(39)20-46-25-19-36-15-13-21(25)18-37-24-14-17-40(32(44)48-34(4,5)6)30(42)27(24)29(41)38-49-26-12-8-11-23(35)28(26)45-7/h8,11-13,15,19,22,37H,9-10,14,16-18,20H2,1-7H3,(H,38,41)/t22-/m1/s1. The molecule has 4 rings (SSSR count). The minimum Gasteiger partial charge on any atom is -0.494 e. The van der Waals surface area contributed by atoms with Crippen molar-refractivity contribution in [2.75, 3.05) is 26.8 Å². The summed E-state index contributed by atoms with van der Waals surface area (Å²) in [6.07, 6.45) is 3.75. The van der Waals surface area contributed by atoms with Crippen LogP contribution in [0.15, 0.2) is 52.8 Å². The second kappa shape index (κ2) is 16.0. The minimum absolute atomic E-state index is 0.00397. The van der Waals surface area contributed by atoms with Gasteiger partial charge >= 0.3 is 12.2 Å². The van der Waals surface area contributed by atoms with Gasteiger partial charge in [-0.2, -0.15) is 0 Å². The Bertz CT molecular complexity index is 1590. The number of nitrogens with one attached hydrogen (secondary N) is 2. The van der Waals surface area contributed by atoms with E-state index in [4.69, 9.17) is 30.5 Å². The fourth-order valence-corrected chi connectivity index (χ4v) is 6.22. The first kappa shape index (κ1) is 37.6. The normalized spacial score (nSPS) is 16.7. The highest BCUT2D eigenvalue weighted by Gasteiger charge is 2.38. The zero-order valence-electron chi connectivity index (χ0n) is 28.9. The monoisotopic (exact) mass is 717 g/mol. The van der Waals surface area contributed by atoms with Gasteiger partial charge in [-0.3, -0.25) is 19.3 Å². The zero-order valence-corrected chi connectivity index (χ0v) is 30.5. The van der Waals surface area contributed by atoms with Gasteiger partial charge in [0.1, 0.15) is 29.1 Å². The van der Waals surface area contributed by atoms with E-state index in [1.54, 1.807) is 62.3 Å². The van der Waals surface area contributed by atoms with Crippen molar-refractivity contribution in [2.24, 2.45) is 0 Å². The predicted octanol–water partition coefficient (Wildman–Crippen LogP) is 5.86. The molecule has 3 heterocycles. The molecule has 13 nitrogen and oxygen atoms in total. The van der Waals surface area contributed by atoms with E-state index in [0.717, 1.165) is 29.7 Å². The average Bonchev–Trinajstić information content (AvgIpc) is 3.49. The van der Waals surface area contributed by atoms with Gasteiger partial charge in [0.25, 0.3) is 11.8 Å². The van der Waals surface area contributed by atoms with Crippen molar-refractivity contribution in [1.82, 2.24) is 24.8 Å². The number of imide groups is 1. The Labute approximate surface area is 296 Å². The molecule has 4 amide bonds. The van der Waals surface area contributed by atoms with E-state index in [-0.39, 0.29) is 43.8 Å². The molecule has 0 unspecified atom stereocenters. The Hall–Kier alpha value is -4.17. The number of amides is 4. The maximum absolute atomic E-state index is 13.7. The first-order valence-electron chi connectivity index (χ1n) is 15.9. The van der Waals surface area contributed by atoms with E-state index in [0.29, 0.717) is 39.2 Å². The molecule has 15 heteroatoms. The number of pyridine rings is 1. The number of hydrogen-bond acceptors (Lipinski definition) is 11. The Balaban J connectivity index is 1.52. The number of aromatic nitrogens is 1. The van der Waals surface area contributed by atoms with Crippen LogP contribution in [0.25, 0.3) is 0 Å². The second-order valence-corrected chi connectivity index (χ2v) is 14.7. The highest BCUT2D eigenvalue weighted by molar-refractivity contribution is 7.98. The molecule has 1 aromatic heterocycles. The average molecular weight is 718 g/mol. The summed E-state index contributed by atoms with van der Waals surface area (Å²) in [4.78, 5) is 60.4. The summed E-state index contributed by atoms with van der Waals surface area (Å²) in [7, 11) is 1.46. The summed E-state index contributed by atoms with van der Waals surface area (Å²) in [5, 5.41) is 3.59. The molecule has 1 atom stereocenters. The molecular formula is C34H44ClN5O8S. The number of hydrogen-bond donors (Lipinski definition) is 2. The maximum Gasteiger partial charge on any atom is 0.417 e. The van der Waals surface area contributed by atoms with Crippen LogP contribution in [-0.2, 0) is 25.6 Å². The zero-order chi connectivity index (χ0) is 35.9. The van der Waals surface area contributed by atoms with Crippen molar-refractivity contribution in [3.8, 4) is 11.5 Å². The van der Waals surface area contributed by atoms with Gasteiger partial charge in [-0.05, 0) is 84.5 Å². The van der Waals surface area contributed by atoms with Crippen LogP contribution in [0, 0.1) is 0 Å². The van der Waals surface area contributed by atoms with Gasteiger partial charge in [0, 0.05) is 43.5 Å². The first-order chi connectivity index (χ1) is 23.1. The number of methoxy groups -OCH3 is 1. The van der Waals surface area contributed by atoms with E-state index in [1.165, 1.54) is 7.11 Å². The lowest BCUT2D eigenvalue weighted by Crippen LogP contribution is -2.48. The maximum atomic E-state index is 13.7. The molecule has 0 aliphatic carbocycles. The van der Waals surface area contributed by atoms with Crippen molar-refractivity contribution < 1.29 is 38.1 Å². The quantitative estimate of drug-likeness (QED) is 0.225. The van der Waals surface area contributed by atoms with Crippen molar-refractivity contribution >= 4 is 47.5 Å².